The monoisotopic (exact) mass is 268 g/mol. The number of aromatic nitrogens is 1. The molecule has 0 bridgehead atoms. The molecule has 1 aromatic heterocycles. The molecule has 1 aliphatic carbocycles. The van der Waals surface area contributed by atoms with Crippen molar-refractivity contribution in [1.29, 1.82) is 0 Å². The van der Waals surface area contributed by atoms with Crippen LogP contribution in [0.1, 0.15) is 38.8 Å². The molecule has 0 atom stereocenters. The van der Waals surface area contributed by atoms with Crippen LogP contribution < -0.4 is 4.90 Å². The van der Waals surface area contributed by atoms with E-state index in [0.717, 1.165) is 17.4 Å². The van der Waals surface area contributed by atoms with Crippen LogP contribution in [-0.2, 0) is 11.2 Å². The molecule has 1 aliphatic rings. The average Bonchev–Trinajstić information content (AvgIpc) is 3.02. The number of aryl methyl sites for hydroxylation is 1. The Bertz CT molecular complexity index is 413. The fourth-order valence-electron chi connectivity index (χ4n) is 1.94. The lowest BCUT2D eigenvalue weighted by Crippen LogP contribution is -2.29. The van der Waals surface area contributed by atoms with E-state index in [9.17, 15) is 4.79 Å². The van der Waals surface area contributed by atoms with Crippen LogP contribution in [0, 0.1) is 5.92 Å². The first-order valence-corrected chi connectivity index (χ1v) is 7.37. The molecule has 2 rings (SSSR count). The van der Waals surface area contributed by atoms with E-state index >= 15 is 0 Å². The van der Waals surface area contributed by atoms with E-state index in [1.807, 2.05) is 5.38 Å². The fraction of sp³-hybridized carbons (Fsp3) is 0.692. The first-order chi connectivity index (χ1) is 8.56. The summed E-state index contributed by atoms with van der Waals surface area (Å²) in [6.45, 7) is 5.47. The third-order valence-corrected chi connectivity index (χ3v) is 3.86. The number of thiazole rings is 1. The Morgan fingerprint density at radius 2 is 2.33 bits per heavy atom. The van der Waals surface area contributed by atoms with E-state index in [2.05, 4.69) is 23.7 Å². The molecular weight excluding hydrogens is 248 g/mol. The van der Waals surface area contributed by atoms with E-state index in [4.69, 9.17) is 5.11 Å². The lowest BCUT2D eigenvalue weighted by molar-refractivity contribution is -0.136. The molecule has 1 saturated carbocycles. The summed E-state index contributed by atoms with van der Waals surface area (Å²) in [5, 5.41) is 11.7. The lowest BCUT2D eigenvalue weighted by atomic mass is 10.2. The minimum absolute atomic E-state index is 0.163. The number of carbonyl (C=O) groups is 1. The number of aliphatic carboxylic acids is 1. The molecule has 0 radical (unpaired) electrons. The summed E-state index contributed by atoms with van der Waals surface area (Å²) in [5.74, 6) is -0.136. The maximum atomic E-state index is 10.5. The molecular formula is C13H20N2O2S. The van der Waals surface area contributed by atoms with Gasteiger partial charge in [-0.15, -0.1) is 11.3 Å². The Labute approximate surface area is 112 Å². The molecule has 0 unspecified atom stereocenters. The van der Waals surface area contributed by atoms with E-state index in [0.29, 0.717) is 18.4 Å². The molecule has 0 spiro atoms. The van der Waals surface area contributed by atoms with E-state index in [-0.39, 0.29) is 6.42 Å². The maximum Gasteiger partial charge on any atom is 0.303 e. The molecule has 18 heavy (non-hydrogen) atoms. The highest BCUT2D eigenvalue weighted by Crippen LogP contribution is 2.34. The quantitative estimate of drug-likeness (QED) is 0.826. The zero-order chi connectivity index (χ0) is 13.1. The summed E-state index contributed by atoms with van der Waals surface area (Å²) in [6.07, 6.45) is 3.22. The minimum Gasteiger partial charge on any atom is -0.481 e. The first kappa shape index (κ1) is 13.3. The molecule has 100 valence electrons. The number of carboxylic acids is 1. The highest BCUT2D eigenvalue weighted by molar-refractivity contribution is 7.13. The number of hydrogen-bond donors (Lipinski definition) is 1. The van der Waals surface area contributed by atoms with Gasteiger partial charge in [0.15, 0.2) is 5.13 Å². The zero-order valence-electron chi connectivity index (χ0n) is 10.9. The highest BCUT2D eigenvalue weighted by Gasteiger charge is 2.31. The lowest BCUT2D eigenvalue weighted by Gasteiger charge is -2.23. The second kappa shape index (κ2) is 5.69. The van der Waals surface area contributed by atoms with Crippen LogP contribution in [0.15, 0.2) is 5.38 Å². The van der Waals surface area contributed by atoms with Gasteiger partial charge in [-0.05, 0) is 18.8 Å². The molecule has 0 aliphatic heterocycles. The second-order valence-corrected chi connectivity index (χ2v) is 6.13. The summed E-state index contributed by atoms with van der Waals surface area (Å²) in [4.78, 5) is 17.5. The van der Waals surface area contributed by atoms with Crippen LogP contribution >= 0.6 is 11.3 Å². The molecule has 5 heteroatoms. The molecule has 4 nitrogen and oxygen atoms in total. The predicted molar refractivity (Wildman–Crippen MR) is 73.3 cm³/mol. The van der Waals surface area contributed by atoms with Gasteiger partial charge >= 0.3 is 5.97 Å². The van der Waals surface area contributed by atoms with Crippen molar-refractivity contribution in [2.24, 2.45) is 5.92 Å². The number of hydrogen-bond acceptors (Lipinski definition) is 4. The number of nitrogens with zero attached hydrogens (tertiary/aromatic N) is 2. The van der Waals surface area contributed by atoms with E-state index in [1.54, 1.807) is 11.3 Å². The fourth-order valence-corrected chi connectivity index (χ4v) is 2.88. The molecule has 0 amide bonds. The van der Waals surface area contributed by atoms with Crippen LogP contribution in [-0.4, -0.2) is 28.6 Å². The van der Waals surface area contributed by atoms with Crippen molar-refractivity contribution in [1.82, 2.24) is 4.98 Å². The third kappa shape index (κ3) is 3.70. The van der Waals surface area contributed by atoms with Gasteiger partial charge < -0.3 is 10.0 Å². The number of rotatable bonds is 7. The van der Waals surface area contributed by atoms with Crippen LogP contribution in [0.25, 0.3) is 0 Å². The zero-order valence-corrected chi connectivity index (χ0v) is 11.7. The Kier molecular flexibility index (Phi) is 4.22. The van der Waals surface area contributed by atoms with E-state index in [1.165, 1.54) is 12.8 Å². The molecule has 0 aromatic carbocycles. The summed E-state index contributed by atoms with van der Waals surface area (Å²) in [5.41, 5.74) is 0.909. The Morgan fingerprint density at radius 3 is 2.89 bits per heavy atom. The van der Waals surface area contributed by atoms with Gasteiger partial charge in [0, 0.05) is 24.4 Å². The van der Waals surface area contributed by atoms with Crippen LogP contribution in [0.5, 0.6) is 0 Å². The highest BCUT2D eigenvalue weighted by atomic mass is 32.1. The van der Waals surface area contributed by atoms with Crippen LogP contribution in [0.2, 0.25) is 0 Å². The SMILES string of the molecule is CC(C)CN(c1nc(CCC(=O)O)cs1)C1CC1. The minimum atomic E-state index is -0.759. The van der Waals surface area contributed by atoms with Crippen LogP contribution in [0.4, 0.5) is 5.13 Å². The van der Waals surface area contributed by atoms with Gasteiger partial charge in [-0.2, -0.15) is 0 Å². The van der Waals surface area contributed by atoms with Crippen molar-refractivity contribution in [2.45, 2.75) is 45.6 Å². The number of anilines is 1. The van der Waals surface area contributed by atoms with Gasteiger partial charge in [-0.1, -0.05) is 13.8 Å². The number of carboxylic acid groups (broad SMARTS) is 1. The normalized spacial score (nSPS) is 15.1. The molecule has 1 N–H and O–H groups in total. The Morgan fingerprint density at radius 1 is 1.61 bits per heavy atom. The predicted octanol–water partition coefficient (Wildman–Crippen LogP) is 2.79. The van der Waals surface area contributed by atoms with Gasteiger partial charge in [0.2, 0.25) is 0 Å². The third-order valence-electron chi connectivity index (χ3n) is 2.93. The van der Waals surface area contributed by atoms with Crippen LogP contribution in [0.3, 0.4) is 0 Å². The summed E-state index contributed by atoms with van der Waals surface area (Å²) in [7, 11) is 0. The van der Waals surface area contributed by atoms with Gasteiger partial charge in [-0.3, -0.25) is 4.79 Å². The van der Waals surface area contributed by atoms with Crippen molar-refractivity contribution in [3.63, 3.8) is 0 Å². The summed E-state index contributed by atoms with van der Waals surface area (Å²) < 4.78 is 0. The van der Waals surface area contributed by atoms with Crippen molar-refractivity contribution >= 4 is 22.4 Å². The van der Waals surface area contributed by atoms with Crippen molar-refractivity contribution in [3.05, 3.63) is 11.1 Å². The standard InChI is InChI=1S/C13H20N2O2S/c1-9(2)7-15(11-4-5-11)13-14-10(8-18-13)3-6-12(16)17/h8-9,11H,3-7H2,1-2H3,(H,16,17). The Hall–Kier alpha value is -1.10. The molecule has 1 heterocycles. The molecule has 0 saturated heterocycles. The summed E-state index contributed by atoms with van der Waals surface area (Å²) >= 11 is 1.64. The van der Waals surface area contributed by atoms with E-state index < -0.39 is 5.97 Å². The molecule has 1 fully saturated rings. The topological polar surface area (TPSA) is 53.4 Å². The van der Waals surface area contributed by atoms with Crippen molar-refractivity contribution in [2.75, 3.05) is 11.4 Å². The van der Waals surface area contributed by atoms with Gasteiger partial charge in [0.25, 0.3) is 0 Å². The summed E-state index contributed by atoms with van der Waals surface area (Å²) in [6, 6.07) is 0.658. The van der Waals surface area contributed by atoms with Crippen molar-refractivity contribution < 1.29 is 9.90 Å². The van der Waals surface area contributed by atoms with Gasteiger partial charge in [0.1, 0.15) is 0 Å². The Balaban J connectivity index is 1.99. The smallest absolute Gasteiger partial charge is 0.303 e. The second-order valence-electron chi connectivity index (χ2n) is 5.29. The van der Waals surface area contributed by atoms with Crippen molar-refractivity contribution in [3.8, 4) is 0 Å². The maximum absolute atomic E-state index is 10.5. The first-order valence-electron chi connectivity index (χ1n) is 6.49. The van der Waals surface area contributed by atoms with Gasteiger partial charge in [0.05, 0.1) is 12.1 Å². The largest absolute Gasteiger partial charge is 0.481 e. The average molecular weight is 268 g/mol. The van der Waals surface area contributed by atoms with Gasteiger partial charge in [-0.25, -0.2) is 4.98 Å². The molecule has 1 aromatic rings.